The van der Waals surface area contributed by atoms with Gasteiger partial charge in [0, 0.05) is 12.6 Å². The summed E-state index contributed by atoms with van der Waals surface area (Å²) in [4.78, 5) is 5.54. The number of aromatic nitrogens is 5. The molecule has 0 aliphatic rings. The lowest BCUT2D eigenvalue weighted by Gasteiger charge is -1.94. The van der Waals surface area contributed by atoms with E-state index in [1.54, 1.807) is 6.20 Å². The van der Waals surface area contributed by atoms with Crippen molar-refractivity contribution in [3.8, 4) is 5.82 Å². The van der Waals surface area contributed by atoms with Gasteiger partial charge in [-0.2, -0.15) is 0 Å². The van der Waals surface area contributed by atoms with Gasteiger partial charge in [-0.05, 0) is 30.3 Å². The highest BCUT2D eigenvalue weighted by atomic mass is 15.6. The van der Waals surface area contributed by atoms with Crippen LogP contribution in [-0.4, -0.2) is 31.7 Å². The van der Waals surface area contributed by atoms with Gasteiger partial charge in [-0.3, -0.25) is 0 Å². The fraction of sp³-hybridized carbons (Fsp3) is 0.333. The van der Waals surface area contributed by atoms with E-state index in [1.165, 1.54) is 4.80 Å². The van der Waals surface area contributed by atoms with E-state index in [4.69, 9.17) is 5.73 Å². The minimum Gasteiger partial charge on any atom is -0.330 e. The summed E-state index contributed by atoms with van der Waals surface area (Å²) in [6.07, 6.45) is 3.31. The van der Waals surface area contributed by atoms with Crippen molar-refractivity contribution >= 4 is 0 Å². The molecule has 78 valence electrons. The largest absolute Gasteiger partial charge is 0.330 e. The summed E-state index contributed by atoms with van der Waals surface area (Å²) in [6, 6.07) is 5.55. The molecule has 0 spiro atoms. The van der Waals surface area contributed by atoms with E-state index in [9.17, 15) is 0 Å². The molecule has 2 heterocycles. The van der Waals surface area contributed by atoms with Crippen LogP contribution < -0.4 is 5.73 Å². The summed E-state index contributed by atoms with van der Waals surface area (Å²) in [5.74, 6) is 1.37. The standard InChI is InChI=1S/C9H12N6/c10-6-3-4-8-12-14-15(13-8)9-5-1-2-7-11-9/h1-2,5,7H,3-4,6,10H2. The van der Waals surface area contributed by atoms with Crippen LogP contribution >= 0.6 is 0 Å². The molecule has 6 heteroatoms. The highest BCUT2D eigenvalue weighted by molar-refractivity contribution is 5.16. The van der Waals surface area contributed by atoms with Gasteiger partial charge in [0.15, 0.2) is 11.6 Å². The predicted molar refractivity (Wildman–Crippen MR) is 54.3 cm³/mol. The molecule has 0 atom stereocenters. The maximum Gasteiger partial charge on any atom is 0.176 e. The van der Waals surface area contributed by atoms with Gasteiger partial charge in [-0.15, -0.1) is 15.0 Å². The van der Waals surface area contributed by atoms with Gasteiger partial charge in [0.2, 0.25) is 0 Å². The van der Waals surface area contributed by atoms with Gasteiger partial charge in [0.1, 0.15) is 0 Å². The first-order valence-corrected chi connectivity index (χ1v) is 4.80. The zero-order chi connectivity index (χ0) is 10.5. The number of tetrazole rings is 1. The summed E-state index contributed by atoms with van der Waals surface area (Å²) in [5, 5.41) is 12.0. The third-order valence-electron chi connectivity index (χ3n) is 1.91. The lowest BCUT2D eigenvalue weighted by Crippen LogP contribution is -2.03. The van der Waals surface area contributed by atoms with Gasteiger partial charge >= 0.3 is 0 Å². The Morgan fingerprint density at radius 2 is 2.27 bits per heavy atom. The number of nitrogens with zero attached hydrogens (tertiary/aromatic N) is 5. The van der Waals surface area contributed by atoms with Crippen LogP contribution in [0.2, 0.25) is 0 Å². The third-order valence-corrected chi connectivity index (χ3v) is 1.91. The molecule has 0 aliphatic heterocycles. The van der Waals surface area contributed by atoms with Gasteiger partial charge in [-0.1, -0.05) is 6.07 Å². The highest BCUT2D eigenvalue weighted by Gasteiger charge is 2.03. The molecule has 0 radical (unpaired) electrons. The van der Waals surface area contributed by atoms with E-state index in [-0.39, 0.29) is 0 Å². The smallest absolute Gasteiger partial charge is 0.176 e. The van der Waals surface area contributed by atoms with Crippen LogP contribution in [-0.2, 0) is 6.42 Å². The Morgan fingerprint density at radius 3 is 3.00 bits per heavy atom. The van der Waals surface area contributed by atoms with E-state index in [0.29, 0.717) is 18.2 Å². The summed E-state index contributed by atoms with van der Waals surface area (Å²) >= 11 is 0. The third kappa shape index (κ3) is 2.35. The van der Waals surface area contributed by atoms with Gasteiger partial charge in [0.05, 0.1) is 0 Å². The fourth-order valence-electron chi connectivity index (χ4n) is 1.17. The van der Waals surface area contributed by atoms with Crippen LogP contribution in [0.4, 0.5) is 0 Å². The average molecular weight is 204 g/mol. The van der Waals surface area contributed by atoms with Crippen molar-refractivity contribution in [2.24, 2.45) is 5.73 Å². The number of nitrogens with two attached hydrogens (primary N) is 1. The van der Waals surface area contributed by atoms with Gasteiger partial charge < -0.3 is 5.73 Å². The minimum atomic E-state index is 0.637. The van der Waals surface area contributed by atoms with E-state index in [0.717, 1.165) is 12.8 Å². The highest BCUT2D eigenvalue weighted by Crippen LogP contribution is 1.99. The van der Waals surface area contributed by atoms with E-state index in [1.807, 2.05) is 18.2 Å². The number of rotatable bonds is 4. The van der Waals surface area contributed by atoms with Crippen LogP contribution in [0.15, 0.2) is 24.4 Å². The molecule has 15 heavy (non-hydrogen) atoms. The molecule has 2 rings (SSSR count). The number of hydrogen-bond acceptors (Lipinski definition) is 5. The number of aryl methyl sites for hydroxylation is 1. The van der Waals surface area contributed by atoms with Crippen molar-refractivity contribution < 1.29 is 0 Å². The second kappa shape index (κ2) is 4.61. The number of pyridine rings is 1. The Morgan fingerprint density at radius 1 is 1.33 bits per heavy atom. The molecule has 6 nitrogen and oxygen atoms in total. The molecule has 0 amide bonds. The lowest BCUT2D eigenvalue weighted by atomic mass is 10.3. The molecule has 0 bridgehead atoms. The van der Waals surface area contributed by atoms with Crippen molar-refractivity contribution in [1.29, 1.82) is 0 Å². The molecule has 2 N–H and O–H groups in total. The van der Waals surface area contributed by atoms with E-state index < -0.39 is 0 Å². The van der Waals surface area contributed by atoms with E-state index >= 15 is 0 Å². The van der Waals surface area contributed by atoms with Crippen LogP contribution in [0, 0.1) is 0 Å². The van der Waals surface area contributed by atoms with Crippen LogP contribution in [0.1, 0.15) is 12.2 Å². The molecule has 0 aliphatic carbocycles. The van der Waals surface area contributed by atoms with Crippen molar-refractivity contribution in [2.75, 3.05) is 6.54 Å². The number of hydrogen-bond donors (Lipinski definition) is 1. The van der Waals surface area contributed by atoms with Gasteiger partial charge in [0.25, 0.3) is 0 Å². The molecule has 2 aromatic rings. The Balaban J connectivity index is 2.14. The topological polar surface area (TPSA) is 82.5 Å². The quantitative estimate of drug-likeness (QED) is 0.754. The Hall–Kier alpha value is -1.82. The average Bonchev–Trinajstić information content (AvgIpc) is 2.76. The first-order chi connectivity index (χ1) is 7.40. The summed E-state index contributed by atoms with van der Waals surface area (Å²) in [6.45, 7) is 0.637. The zero-order valence-electron chi connectivity index (χ0n) is 8.24. The summed E-state index contributed by atoms with van der Waals surface area (Å²) < 4.78 is 0. The maximum atomic E-state index is 5.40. The Labute approximate surface area is 87.1 Å². The Kier molecular flexibility index (Phi) is 2.99. The van der Waals surface area contributed by atoms with Crippen LogP contribution in [0.25, 0.3) is 5.82 Å². The fourth-order valence-corrected chi connectivity index (χ4v) is 1.17. The molecule has 2 aromatic heterocycles. The first-order valence-electron chi connectivity index (χ1n) is 4.80. The predicted octanol–water partition coefficient (Wildman–Crippen LogP) is -0.0514. The summed E-state index contributed by atoms with van der Waals surface area (Å²) in [7, 11) is 0. The minimum absolute atomic E-state index is 0.637. The first kappa shape index (κ1) is 9.72. The van der Waals surface area contributed by atoms with Crippen molar-refractivity contribution in [1.82, 2.24) is 25.2 Å². The molecule has 0 fully saturated rings. The molecule has 0 saturated heterocycles. The molecule has 0 unspecified atom stereocenters. The van der Waals surface area contributed by atoms with Crippen molar-refractivity contribution in [2.45, 2.75) is 12.8 Å². The molecule has 0 aromatic carbocycles. The van der Waals surface area contributed by atoms with Crippen LogP contribution in [0.3, 0.4) is 0 Å². The SMILES string of the molecule is NCCCc1nnn(-c2ccccn2)n1. The van der Waals surface area contributed by atoms with Crippen LogP contribution in [0.5, 0.6) is 0 Å². The van der Waals surface area contributed by atoms with Crippen molar-refractivity contribution in [3.05, 3.63) is 30.2 Å². The normalized spacial score (nSPS) is 10.5. The summed E-state index contributed by atoms with van der Waals surface area (Å²) in [5.41, 5.74) is 5.40. The Bertz CT molecular complexity index is 410. The van der Waals surface area contributed by atoms with Gasteiger partial charge in [-0.25, -0.2) is 4.98 Å². The monoisotopic (exact) mass is 204 g/mol. The second-order valence-electron chi connectivity index (χ2n) is 3.08. The lowest BCUT2D eigenvalue weighted by molar-refractivity contribution is 0.696. The van der Waals surface area contributed by atoms with Crippen molar-refractivity contribution in [3.63, 3.8) is 0 Å². The maximum absolute atomic E-state index is 5.40. The molecular weight excluding hydrogens is 192 g/mol. The molecular formula is C9H12N6. The van der Waals surface area contributed by atoms with E-state index in [2.05, 4.69) is 20.4 Å². The second-order valence-corrected chi connectivity index (χ2v) is 3.08. The molecule has 0 saturated carbocycles. The zero-order valence-corrected chi connectivity index (χ0v) is 8.24.